The topological polar surface area (TPSA) is 95.5 Å². The number of hydrogen-bond acceptors (Lipinski definition) is 8. The number of hydrogen-bond donors (Lipinski definition) is 2. The highest BCUT2D eigenvalue weighted by atomic mass is 19.4. The minimum Gasteiger partial charge on any atom is -0.479 e. The van der Waals surface area contributed by atoms with E-state index in [9.17, 15) is 18.0 Å². The van der Waals surface area contributed by atoms with Gasteiger partial charge in [0, 0.05) is 66.0 Å². The van der Waals surface area contributed by atoms with Gasteiger partial charge in [0.1, 0.15) is 5.52 Å². The van der Waals surface area contributed by atoms with Gasteiger partial charge < -0.3 is 25.2 Å². The normalized spacial score (nSPS) is 13.9. The Bertz CT molecular complexity index is 1910. The second-order valence-corrected chi connectivity index (χ2v) is 11.3. The van der Waals surface area contributed by atoms with Crippen molar-refractivity contribution in [3.63, 3.8) is 0 Å². The molecule has 6 rings (SSSR count). The Hall–Kier alpha value is -5.23. The zero-order valence-corrected chi connectivity index (χ0v) is 26.2. The van der Waals surface area contributed by atoms with Crippen LogP contribution in [0.3, 0.4) is 0 Å². The highest BCUT2D eigenvalue weighted by molar-refractivity contribution is 6.04. The van der Waals surface area contributed by atoms with Crippen LogP contribution in [0.25, 0.3) is 22.2 Å². The smallest absolute Gasteiger partial charge is 0.416 e. The number of piperazine rings is 1. The summed E-state index contributed by atoms with van der Waals surface area (Å²) in [5, 5.41) is 6.65. The van der Waals surface area contributed by atoms with E-state index in [0.717, 1.165) is 56.1 Å². The molecule has 47 heavy (non-hydrogen) atoms. The maximum Gasteiger partial charge on any atom is 0.416 e. The summed E-state index contributed by atoms with van der Waals surface area (Å²) in [6, 6.07) is 19.5. The van der Waals surface area contributed by atoms with Crippen LogP contribution < -0.4 is 20.3 Å². The fourth-order valence-electron chi connectivity index (χ4n) is 5.57. The first-order valence-corrected chi connectivity index (χ1v) is 15.3. The number of carbonyl (C=O) groups is 1. The number of aryl methyl sites for hydroxylation is 1. The first-order chi connectivity index (χ1) is 22.6. The Kier molecular flexibility index (Phi) is 8.95. The molecule has 1 saturated heterocycles. The first kappa shape index (κ1) is 31.7. The van der Waals surface area contributed by atoms with Crippen molar-refractivity contribution >= 4 is 39.8 Å². The van der Waals surface area contributed by atoms with E-state index in [1.807, 2.05) is 25.1 Å². The maximum atomic E-state index is 13.2. The van der Waals surface area contributed by atoms with Crippen molar-refractivity contribution in [2.24, 2.45) is 0 Å². The Balaban J connectivity index is 1.21. The van der Waals surface area contributed by atoms with Gasteiger partial charge in [-0.05, 0) is 79.7 Å². The van der Waals surface area contributed by atoms with E-state index in [1.165, 1.54) is 24.9 Å². The Morgan fingerprint density at radius 2 is 1.68 bits per heavy atom. The van der Waals surface area contributed by atoms with Crippen LogP contribution >= 0.6 is 0 Å². The predicted octanol–water partition coefficient (Wildman–Crippen LogP) is 7.17. The summed E-state index contributed by atoms with van der Waals surface area (Å²) in [7, 11) is 1.51. The SMILES string of the molecule is CCN1CCN(c2ccc(Nc3ncc4cc(-c5cc(NC(=O)c6cccc(C(F)(F)F)c6)ccc5C)nc(OC)c4n3)cc2)CC1. The zero-order chi connectivity index (χ0) is 33.1. The summed E-state index contributed by atoms with van der Waals surface area (Å²) in [6.45, 7) is 9.28. The zero-order valence-electron chi connectivity index (χ0n) is 26.2. The van der Waals surface area contributed by atoms with E-state index < -0.39 is 17.6 Å². The van der Waals surface area contributed by atoms with Gasteiger partial charge in [-0.25, -0.2) is 15.0 Å². The molecule has 2 N–H and O–H groups in total. The number of halogens is 3. The number of ether oxygens (including phenoxy) is 1. The molecule has 5 aromatic rings. The second-order valence-electron chi connectivity index (χ2n) is 11.3. The quantitative estimate of drug-likeness (QED) is 0.184. The maximum absolute atomic E-state index is 13.2. The van der Waals surface area contributed by atoms with Crippen molar-refractivity contribution in [3.05, 3.63) is 95.7 Å². The third-order valence-electron chi connectivity index (χ3n) is 8.26. The van der Waals surface area contributed by atoms with E-state index in [2.05, 4.69) is 49.5 Å². The van der Waals surface area contributed by atoms with Crippen molar-refractivity contribution in [2.75, 3.05) is 55.4 Å². The van der Waals surface area contributed by atoms with Gasteiger partial charge in [0.25, 0.3) is 5.91 Å². The van der Waals surface area contributed by atoms with Gasteiger partial charge in [0.15, 0.2) is 0 Å². The number of nitrogens with one attached hydrogen (secondary N) is 2. The lowest BCUT2D eigenvalue weighted by Gasteiger charge is -2.35. The standard InChI is InChI=1S/C35H34F3N7O2/c1-4-44-14-16-45(17-15-44)28-12-10-26(11-13-28)41-34-39-21-24-19-30(42-33(47-3)31(24)43-34)29-20-27(9-8-22(29)2)40-32(46)23-6-5-7-25(18-23)35(36,37)38/h5-13,18-21H,4,14-17H2,1-3H3,(H,40,46)(H,39,41,43). The molecule has 1 fully saturated rings. The number of amides is 1. The molecular weight excluding hydrogens is 607 g/mol. The summed E-state index contributed by atoms with van der Waals surface area (Å²) in [5.41, 5.74) is 4.08. The molecular formula is C35H34F3N7O2. The average molecular weight is 642 g/mol. The summed E-state index contributed by atoms with van der Waals surface area (Å²) in [5.74, 6) is 0.0281. The van der Waals surface area contributed by atoms with E-state index in [4.69, 9.17) is 9.72 Å². The van der Waals surface area contributed by atoms with Crippen molar-refractivity contribution in [1.29, 1.82) is 0 Å². The van der Waals surface area contributed by atoms with Crippen molar-refractivity contribution in [3.8, 4) is 17.1 Å². The number of alkyl halides is 3. The molecule has 0 aliphatic carbocycles. The van der Waals surface area contributed by atoms with E-state index in [0.29, 0.717) is 39.7 Å². The first-order valence-electron chi connectivity index (χ1n) is 15.3. The van der Waals surface area contributed by atoms with Crippen LogP contribution in [0.1, 0.15) is 28.4 Å². The predicted molar refractivity (Wildman–Crippen MR) is 178 cm³/mol. The van der Waals surface area contributed by atoms with Crippen LogP contribution in [0.15, 0.2) is 79.0 Å². The highest BCUT2D eigenvalue weighted by Crippen LogP contribution is 2.33. The number of fused-ring (bicyclic) bond motifs is 1. The molecule has 0 bridgehead atoms. The molecule has 0 spiro atoms. The molecule has 0 atom stereocenters. The number of benzene rings is 3. The van der Waals surface area contributed by atoms with Crippen molar-refractivity contribution < 1.29 is 22.7 Å². The Morgan fingerprint density at radius 3 is 2.38 bits per heavy atom. The third kappa shape index (κ3) is 7.12. The summed E-state index contributed by atoms with van der Waals surface area (Å²) < 4.78 is 45.1. The second kappa shape index (κ2) is 13.2. The lowest BCUT2D eigenvalue weighted by molar-refractivity contribution is -0.137. The molecule has 12 heteroatoms. The van der Waals surface area contributed by atoms with Crippen molar-refractivity contribution in [1.82, 2.24) is 19.9 Å². The minimum absolute atomic E-state index is 0.101. The molecule has 9 nitrogen and oxygen atoms in total. The summed E-state index contributed by atoms with van der Waals surface area (Å²) in [6.07, 6.45) is -2.86. The fraction of sp³-hybridized carbons (Fsp3) is 0.257. The Morgan fingerprint density at radius 1 is 0.936 bits per heavy atom. The van der Waals surface area contributed by atoms with Gasteiger partial charge in [-0.3, -0.25) is 4.79 Å². The number of aromatic nitrogens is 3. The number of carbonyl (C=O) groups excluding carboxylic acids is 1. The molecule has 0 unspecified atom stereocenters. The third-order valence-corrected chi connectivity index (χ3v) is 8.26. The molecule has 1 amide bonds. The average Bonchev–Trinajstić information content (AvgIpc) is 3.08. The van der Waals surface area contributed by atoms with Crippen molar-refractivity contribution in [2.45, 2.75) is 20.0 Å². The van der Waals surface area contributed by atoms with Crippen LogP contribution in [0.5, 0.6) is 5.88 Å². The van der Waals surface area contributed by atoms with Crippen LogP contribution in [-0.4, -0.2) is 65.6 Å². The minimum atomic E-state index is -4.55. The molecule has 3 aromatic carbocycles. The number of nitrogens with zero attached hydrogens (tertiary/aromatic N) is 5. The van der Waals surface area contributed by atoms with Gasteiger partial charge in [0.05, 0.1) is 18.4 Å². The van der Waals surface area contributed by atoms with Gasteiger partial charge in [-0.1, -0.05) is 19.1 Å². The largest absolute Gasteiger partial charge is 0.479 e. The molecule has 3 heterocycles. The molecule has 242 valence electrons. The van der Waals surface area contributed by atoms with Crippen LogP contribution in [0.2, 0.25) is 0 Å². The van der Waals surface area contributed by atoms with Crippen LogP contribution in [-0.2, 0) is 6.18 Å². The van der Waals surface area contributed by atoms with Gasteiger partial charge in [-0.15, -0.1) is 0 Å². The van der Waals surface area contributed by atoms with Gasteiger partial charge in [-0.2, -0.15) is 13.2 Å². The van der Waals surface area contributed by atoms with Gasteiger partial charge in [0.2, 0.25) is 11.8 Å². The van der Waals surface area contributed by atoms with Crippen LogP contribution in [0.4, 0.5) is 36.2 Å². The number of likely N-dealkylation sites (N-methyl/N-ethyl adjacent to an activating group) is 1. The van der Waals surface area contributed by atoms with E-state index in [-0.39, 0.29) is 5.56 Å². The fourth-order valence-corrected chi connectivity index (χ4v) is 5.57. The molecule has 2 aromatic heterocycles. The lowest BCUT2D eigenvalue weighted by atomic mass is 10.0. The number of pyridine rings is 1. The monoisotopic (exact) mass is 641 g/mol. The number of methoxy groups -OCH3 is 1. The van der Waals surface area contributed by atoms with E-state index >= 15 is 0 Å². The highest BCUT2D eigenvalue weighted by Gasteiger charge is 2.31. The van der Waals surface area contributed by atoms with E-state index in [1.54, 1.807) is 24.4 Å². The molecule has 1 aliphatic heterocycles. The Labute approximate surface area is 270 Å². The molecule has 0 radical (unpaired) electrons. The number of anilines is 4. The molecule has 0 saturated carbocycles. The molecule has 1 aliphatic rings. The lowest BCUT2D eigenvalue weighted by Crippen LogP contribution is -2.46. The number of rotatable bonds is 8. The van der Waals surface area contributed by atoms with Gasteiger partial charge >= 0.3 is 6.18 Å². The summed E-state index contributed by atoms with van der Waals surface area (Å²) in [4.78, 5) is 31.6. The summed E-state index contributed by atoms with van der Waals surface area (Å²) >= 11 is 0. The van der Waals surface area contributed by atoms with Crippen LogP contribution in [0, 0.1) is 6.92 Å².